The standard InChI is InChI=1S/C20H24ClN3O.ClH/c1-2-25-20-10-6-4-7-17(20)15-22-24-13-11-23(12-14-24)16-18-8-3-5-9-19(18)21;/h3-10,15H,2,11-14,16H2,1H3;1H. The molecule has 0 aliphatic carbocycles. The summed E-state index contributed by atoms with van der Waals surface area (Å²) in [5.41, 5.74) is 2.20. The summed E-state index contributed by atoms with van der Waals surface area (Å²) in [6, 6.07) is 16.1. The molecule has 2 aromatic carbocycles. The number of hydrogen-bond acceptors (Lipinski definition) is 4. The first-order valence-corrected chi connectivity index (χ1v) is 9.10. The summed E-state index contributed by atoms with van der Waals surface area (Å²) in [6.45, 7) is 7.34. The lowest BCUT2D eigenvalue weighted by Gasteiger charge is -2.33. The molecule has 1 fully saturated rings. The van der Waals surface area contributed by atoms with Gasteiger partial charge in [0.15, 0.2) is 0 Å². The Morgan fingerprint density at radius 2 is 1.73 bits per heavy atom. The SMILES string of the molecule is CCOc1ccccc1C=NN1CCN(Cc2ccccc2Cl)CC1.Cl. The predicted molar refractivity (Wildman–Crippen MR) is 111 cm³/mol. The van der Waals surface area contributed by atoms with Crippen molar-refractivity contribution in [2.45, 2.75) is 13.5 Å². The van der Waals surface area contributed by atoms with E-state index in [1.807, 2.05) is 55.6 Å². The lowest BCUT2D eigenvalue weighted by atomic mass is 10.2. The molecule has 0 bridgehead atoms. The number of ether oxygens (including phenoxy) is 1. The van der Waals surface area contributed by atoms with Crippen molar-refractivity contribution in [3.05, 3.63) is 64.7 Å². The number of para-hydroxylation sites is 1. The molecule has 140 valence electrons. The van der Waals surface area contributed by atoms with Crippen LogP contribution >= 0.6 is 24.0 Å². The third-order valence-electron chi connectivity index (χ3n) is 4.28. The van der Waals surface area contributed by atoms with Gasteiger partial charge in [-0.3, -0.25) is 9.91 Å². The second-order valence-electron chi connectivity index (χ2n) is 6.04. The second kappa shape index (κ2) is 10.4. The van der Waals surface area contributed by atoms with E-state index in [2.05, 4.69) is 21.1 Å². The maximum atomic E-state index is 6.26. The van der Waals surface area contributed by atoms with E-state index < -0.39 is 0 Å². The Balaban J connectivity index is 0.00000243. The fraction of sp³-hybridized carbons (Fsp3) is 0.350. The van der Waals surface area contributed by atoms with E-state index >= 15 is 0 Å². The van der Waals surface area contributed by atoms with Gasteiger partial charge in [-0.05, 0) is 30.7 Å². The molecule has 1 saturated heterocycles. The molecule has 0 aromatic heterocycles. The number of halogens is 2. The third-order valence-corrected chi connectivity index (χ3v) is 4.65. The van der Waals surface area contributed by atoms with Gasteiger partial charge in [0.2, 0.25) is 0 Å². The van der Waals surface area contributed by atoms with Crippen LogP contribution in [0.1, 0.15) is 18.1 Å². The van der Waals surface area contributed by atoms with Crippen molar-refractivity contribution in [2.24, 2.45) is 5.10 Å². The molecule has 26 heavy (non-hydrogen) atoms. The zero-order valence-corrected chi connectivity index (χ0v) is 16.5. The highest BCUT2D eigenvalue weighted by Gasteiger charge is 2.16. The van der Waals surface area contributed by atoms with Gasteiger partial charge in [0.25, 0.3) is 0 Å². The number of hydrazone groups is 1. The molecule has 0 radical (unpaired) electrons. The monoisotopic (exact) mass is 393 g/mol. The van der Waals surface area contributed by atoms with E-state index in [9.17, 15) is 0 Å². The second-order valence-corrected chi connectivity index (χ2v) is 6.44. The minimum absolute atomic E-state index is 0. The molecular weight excluding hydrogens is 369 g/mol. The summed E-state index contributed by atoms with van der Waals surface area (Å²) in [7, 11) is 0. The van der Waals surface area contributed by atoms with Gasteiger partial charge in [-0.1, -0.05) is 41.9 Å². The summed E-state index contributed by atoms with van der Waals surface area (Å²) in [5.74, 6) is 0.881. The average Bonchev–Trinajstić information content (AvgIpc) is 2.64. The van der Waals surface area contributed by atoms with Gasteiger partial charge in [0.1, 0.15) is 5.75 Å². The van der Waals surface area contributed by atoms with Crippen LogP contribution < -0.4 is 4.74 Å². The van der Waals surface area contributed by atoms with Crippen LogP contribution in [0.15, 0.2) is 53.6 Å². The normalized spacial score (nSPS) is 15.1. The molecule has 0 saturated carbocycles. The smallest absolute Gasteiger partial charge is 0.128 e. The van der Waals surface area contributed by atoms with Crippen molar-refractivity contribution in [3.8, 4) is 5.75 Å². The predicted octanol–water partition coefficient (Wildman–Crippen LogP) is 4.31. The molecule has 0 atom stereocenters. The van der Waals surface area contributed by atoms with E-state index in [0.29, 0.717) is 6.61 Å². The van der Waals surface area contributed by atoms with Crippen LogP contribution in [0.5, 0.6) is 5.75 Å². The van der Waals surface area contributed by atoms with E-state index in [-0.39, 0.29) is 12.4 Å². The largest absolute Gasteiger partial charge is 0.493 e. The van der Waals surface area contributed by atoms with Crippen molar-refractivity contribution >= 4 is 30.2 Å². The maximum absolute atomic E-state index is 6.26. The first-order valence-electron chi connectivity index (χ1n) is 8.73. The van der Waals surface area contributed by atoms with Crippen molar-refractivity contribution in [2.75, 3.05) is 32.8 Å². The van der Waals surface area contributed by atoms with Gasteiger partial charge < -0.3 is 4.74 Å². The van der Waals surface area contributed by atoms with Gasteiger partial charge in [0, 0.05) is 43.3 Å². The molecule has 0 N–H and O–H groups in total. The molecule has 0 unspecified atom stereocenters. The fourth-order valence-electron chi connectivity index (χ4n) is 2.90. The van der Waals surface area contributed by atoms with Crippen LogP contribution in [0.3, 0.4) is 0 Å². The van der Waals surface area contributed by atoms with Crippen LogP contribution in [-0.2, 0) is 6.54 Å². The Kier molecular flexibility index (Phi) is 8.23. The van der Waals surface area contributed by atoms with Gasteiger partial charge in [-0.2, -0.15) is 5.10 Å². The highest BCUT2D eigenvalue weighted by atomic mass is 35.5. The topological polar surface area (TPSA) is 28.1 Å². The number of rotatable bonds is 6. The molecule has 0 spiro atoms. The van der Waals surface area contributed by atoms with Gasteiger partial charge in [-0.25, -0.2) is 0 Å². The lowest BCUT2D eigenvalue weighted by molar-refractivity contribution is 0.131. The van der Waals surface area contributed by atoms with E-state index in [1.165, 1.54) is 5.56 Å². The summed E-state index contributed by atoms with van der Waals surface area (Å²) < 4.78 is 5.64. The van der Waals surface area contributed by atoms with E-state index in [0.717, 1.165) is 49.1 Å². The minimum atomic E-state index is 0. The van der Waals surface area contributed by atoms with Crippen molar-refractivity contribution in [1.29, 1.82) is 0 Å². The molecule has 6 heteroatoms. The Hall–Kier alpha value is -1.75. The number of piperazine rings is 1. The molecule has 4 nitrogen and oxygen atoms in total. The van der Waals surface area contributed by atoms with Gasteiger partial charge in [0.05, 0.1) is 12.8 Å². The van der Waals surface area contributed by atoms with Crippen LogP contribution in [-0.4, -0.2) is 48.9 Å². The Morgan fingerprint density at radius 3 is 2.46 bits per heavy atom. The zero-order chi connectivity index (χ0) is 17.5. The summed E-state index contributed by atoms with van der Waals surface area (Å²) in [5, 5.41) is 7.59. The zero-order valence-electron chi connectivity index (χ0n) is 15.0. The van der Waals surface area contributed by atoms with E-state index in [4.69, 9.17) is 16.3 Å². The Bertz CT molecular complexity index is 716. The molecule has 1 aliphatic heterocycles. The molecule has 3 rings (SSSR count). The van der Waals surface area contributed by atoms with Crippen LogP contribution in [0.2, 0.25) is 5.02 Å². The van der Waals surface area contributed by atoms with Gasteiger partial charge >= 0.3 is 0 Å². The minimum Gasteiger partial charge on any atom is -0.493 e. The van der Waals surface area contributed by atoms with E-state index in [1.54, 1.807) is 0 Å². The van der Waals surface area contributed by atoms with Crippen LogP contribution in [0.25, 0.3) is 0 Å². The maximum Gasteiger partial charge on any atom is 0.128 e. The third kappa shape index (κ3) is 5.63. The molecule has 2 aromatic rings. The number of hydrogen-bond donors (Lipinski definition) is 0. The summed E-state index contributed by atoms with van der Waals surface area (Å²) >= 11 is 6.26. The molecular formula is C20H25Cl2N3O. The number of benzene rings is 2. The molecule has 1 heterocycles. The summed E-state index contributed by atoms with van der Waals surface area (Å²) in [4.78, 5) is 2.42. The quantitative estimate of drug-likeness (QED) is 0.684. The Labute approximate surface area is 166 Å². The average molecular weight is 394 g/mol. The first-order chi connectivity index (χ1) is 12.3. The van der Waals surface area contributed by atoms with Crippen molar-refractivity contribution in [3.63, 3.8) is 0 Å². The van der Waals surface area contributed by atoms with Crippen molar-refractivity contribution < 1.29 is 4.74 Å². The van der Waals surface area contributed by atoms with Crippen LogP contribution in [0.4, 0.5) is 0 Å². The van der Waals surface area contributed by atoms with Gasteiger partial charge in [-0.15, -0.1) is 12.4 Å². The molecule has 1 aliphatic rings. The highest BCUT2D eigenvalue weighted by molar-refractivity contribution is 6.31. The fourth-order valence-corrected chi connectivity index (χ4v) is 3.09. The lowest BCUT2D eigenvalue weighted by Crippen LogP contribution is -2.43. The first kappa shape index (κ1) is 20.6. The number of nitrogens with zero attached hydrogens (tertiary/aromatic N) is 3. The van der Waals surface area contributed by atoms with Crippen LogP contribution in [0, 0.1) is 0 Å². The molecule has 0 amide bonds. The Morgan fingerprint density at radius 1 is 1.04 bits per heavy atom. The summed E-state index contributed by atoms with van der Waals surface area (Å²) in [6.07, 6.45) is 1.90. The van der Waals surface area contributed by atoms with Crippen molar-refractivity contribution in [1.82, 2.24) is 9.91 Å². The highest BCUT2D eigenvalue weighted by Crippen LogP contribution is 2.18.